The van der Waals surface area contributed by atoms with E-state index in [-0.39, 0.29) is 19.0 Å². The summed E-state index contributed by atoms with van der Waals surface area (Å²) in [4.78, 5) is 22.9. The summed E-state index contributed by atoms with van der Waals surface area (Å²) < 4.78 is 34.7. The largest absolute Gasteiger partial charge is 0.469 e. The van der Waals surface area contributed by atoms with E-state index in [4.69, 9.17) is 0 Å². The van der Waals surface area contributed by atoms with Crippen LogP contribution in [0.25, 0.3) is 0 Å². The van der Waals surface area contributed by atoms with Crippen LogP contribution in [0.2, 0.25) is 0 Å². The first-order valence-corrected chi connectivity index (χ1v) is 7.40. The second kappa shape index (κ2) is 5.87. The van der Waals surface area contributed by atoms with Crippen molar-refractivity contribution in [2.45, 2.75) is 19.1 Å². The van der Waals surface area contributed by atoms with Gasteiger partial charge in [0.15, 0.2) is 5.25 Å². The topological polar surface area (TPSA) is 90.0 Å². The van der Waals surface area contributed by atoms with Crippen molar-refractivity contribution in [2.24, 2.45) is 11.8 Å². The third kappa shape index (κ3) is 3.06. The van der Waals surface area contributed by atoms with Crippen LogP contribution in [-0.2, 0) is 29.1 Å². The molecule has 1 aliphatic rings. The van der Waals surface area contributed by atoms with Gasteiger partial charge < -0.3 is 9.47 Å². The number of rotatable bonds is 4. The van der Waals surface area contributed by atoms with Crippen LogP contribution in [-0.4, -0.2) is 57.2 Å². The minimum absolute atomic E-state index is 0.0392. The van der Waals surface area contributed by atoms with Crippen molar-refractivity contribution in [1.29, 1.82) is 0 Å². The molecule has 0 aromatic rings. The maximum atomic E-state index is 12.2. The van der Waals surface area contributed by atoms with Gasteiger partial charge in [-0.1, -0.05) is 6.92 Å². The Morgan fingerprint density at radius 2 is 1.79 bits per heavy atom. The maximum absolute atomic E-state index is 12.2. The molecule has 0 bridgehead atoms. The number of carbonyl (C=O) groups is 2. The van der Waals surface area contributed by atoms with Crippen LogP contribution in [0.3, 0.4) is 0 Å². The zero-order chi connectivity index (χ0) is 14.8. The standard InChI is InChI=1S/C11H19NO6S/c1-7-5-12(6-9(7)11(14)18-4)19(15,16)8(2)10(13)17-3/h7-9H,5-6H2,1-4H3. The first-order valence-electron chi connectivity index (χ1n) is 5.90. The van der Waals surface area contributed by atoms with Gasteiger partial charge in [-0.25, -0.2) is 12.7 Å². The summed E-state index contributed by atoms with van der Waals surface area (Å²) in [7, 11) is -1.40. The lowest BCUT2D eigenvalue weighted by Crippen LogP contribution is -2.41. The smallest absolute Gasteiger partial charge is 0.325 e. The number of hydrogen-bond acceptors (Lipinski definition) is 6. The van der Waals surface area contributed by atoms with E-state index >= 15 is 0 Å². The van der Waals surface area contributed by atoms with Crippen molar-refractivity contribution in [1.82, 2.24) is 4.31 Å². The average molecular weight is 293 g/mol. The van der Waals surface area contributed by atoms with Gasteiger partial charge in [0.05, 0.1) is 20.1 Å². The molecule has 0 N–H and O–H groups in total. The zero-order valence-corrected chi connectivity index (χ0v) is 12.3. The second-order valence-corrected chi connectivity index (χ2v) is 6.89. The van der Waals surface area contributed by atoms with Crippen molar-refractivity contribution in [3.8, 4) is 0 Å². The van der Waals surface area contributed by atoms with Gasteiger partial charge >= 0.3 is 11.9 Å². The highest BCUT2D eigenvalue weighted by Crippen LogP contribution is 2.28. The third-order valence-corrected chi connectivity index (χ3v) is 5.53. The van der Waals surface area contributed by atoms with Gasteiger partial charge in [0.25, 0.3) is 0 Å². The number of nitrogens with zero attached hydrogens (tertiary/aromatic N) is 1. The Morgan fingerprint density at radius 3 is 2.26 bits per heavy atom. The molecule has 0 aromatic heterocycles. The maximum Gasteiger partial charge on any atom is 0.325 e. The van der Waals surface area contributed by atoms with Gasteiger partial charge in [-0.3, -0.25) is 9.59 Å². The first-order chi connectivity index (χ1) is 8.75. The normalized spacial score (nSPS) is 25.9. The summed E-state index contributed by atoms with van der Waals surface area (Å²) in [5.74, 6) is -1.89. The quantitative estimate of drug-likeness (QED) is 0.656. The van der Waals surface area contributed by atoms with Crippen LogP contribution in [0.5, 0.6) is 0 Å². The lowest BCUT2D eigenvalue weighted by atomic mass is 9.99. The number of esters is 2. The highest BCUT2D eigenvalue weighted by Gasteiger charge is 2.44. The molecule has 0 amide bonds. The fourth-order valence-corrected chi connectivity index (χ4v) is 3.70. The van der Waals surface area contributed by atoms with Gasteiger partial charge in [0, 0.05) is 13.1 Å². The van der Waals surface area contributed by atoms with E-state index < -0.39 is 33.1 Å². The van der Waals surface area contributed by atoms with Crippen LogP contribution in [0.15, 0.2) is 0 Å². The highest BCUT2D eigenvalue weighted by atomic mass is 32.2. The number of sulfonamides is 1. The molecule has 8 heteroatoms. The molecule has 19 heavy (non-hydrogen) atoms. The molecule has 1 heterocycles. The molecule has 110 valence electrons. The molecule has 3 atom stereocenters. The Kier molecular flexibility index (Phi) is 4.92. The molecule has 3 unspecified atom stereocenters. The van der Waals surface area contributed by atoms with E-state index in [0.717, 1.165) is 11.4 Å². The van der Waals surface area contributed by atoms with Crippen LogP contribution in [0, 0.1) is 11.8 Å². The summed E-state index contributed by atoms with van der Waals surface area (Å²) in [6, 6.07) is 0. The number of carbonyl (C=O) groups excluding carboxylic acids is 2. The van der Waals surface area contributed by atoms with Gasteiger partial charge in [0.2, 0.25) is 10.0 Å². The Balaban J connectivity index is 2.88. The fourth-order valence-electron chi connectivity index (χ4n) is 2.10. The molecule has 7 nitrogen and oxygen atoms in total. The van der Waals surface area contributed by atoms with Gasteiger partial charge in [-0.15, -0.1) is 0 Å². The summed E-state index contributed by atoms with van der Waals surface area (Å²) in [5, 5.41) is -1.28. The SMILES string of the molecule is COC(=O)C1CN(S(=O)(=O)C(C)C(=O)OC)CC1C. The predicted octanol–water partition coefficient (Wildman–Crippen LogP) is -0.381. The molecule has 1 rings (SSSR count). The van der Waals surface area contributed by atoms with Crippen molar-refractivity contribution >= 4 is 22.0 Å². The van der Waals surface area contributed by atoms with Gasteiger partial charge in [-0.05, 0) is 12.8 Å². The van der Waals surface area contributed by atoms with Crippen LogP contribution >= 0.6 is 0 Å². The molecule has 1 saturated heterocycles. The molecule has 0 spiro atoms. The predicted molar refractivity (Wildman–Crippen MR) is 66.6 cm³/mol. The third-order valence-electron chi connectivity index (χ3n) is 3.42. The van der Waals surface area contributed by atoms with Crippen LogP contribution < -0.4 is 0 Å². The fraction of sp³-hybridized carbons (Fsp3) is 0.818. The summed E-state index contributed by atoms with van der Waals surface area (Å²) in [6.45, 7) is 3.29. The van der Waals surface area contributed by atoms with Crippen molar-refractivity contribution < 1.29 is 27.5 Å². The molecule has 0 aliphatic carbocycles. The Morgan fingerprint density at radius 1 is 1.21 bits per heavy atom. The van der Waals surface area contributed by atoms with Gasteiger partial charge in [-0.2, -0.15) is 0 Å². The zero-order valence-electron chi connectivity index (χ0n) is 11.5. The molecule has 0 saturated carbocycles. The van der Waals surface area contributed by atoms with E-state index in [1.807, 2.05) is 0 Å². The Bertz CT molecular complexity index is 460. The summed E-state index contributed by atoms with van der Waals surface area (Å²) in [5.41, 5.74) is 0. The Hall–Kier alpha value is -1.15. The van der Waals surface area contributed by atoms with E-state index in [9.17, 15) is 18.0 Å². The number of ether oxygens (including phenoxy) is 2. The minimum Gasteiger partial charge on any atom is -0.469 e. The molecule has 1 fully saturated rings. The summed E-state index contributed by atoms with van der Waals surface area (Å²) >= 11 is 0. The van der Waals surface area contributed by atoms with Crippen LogP contribution in [0.4, 0.5) is 0 Å². The first kappa shape index (κ1) is 15.9. The Labute approximate surface area is 112 Å². The van der Waals surface area contributed by atoms with E-state index in [1.165, 1.54) is 14.0 Å². The highest BCUT2D eigenvalue weighted by molar-refractivity contribution is 7.90. The summed E-state index contributed by atoms with van der Waals surface area (Å²) in [6.07, 6.45) is 0. The van der Waals surface area contributed by atoms with E-state index in [2.05, 4.69) is 9.47 Å². The van der Waals surface area contributed by atoms with Crippen molar-refractivity contribution in [2.75, 3.05) is 27.3 Å². The molecule has 0 aromatic carbocycles. The van der Waals surface area contributed by atoms with Crippen LogP contribution in [0.1, 0.15) is 13.8 Å². The minimum atomic E-state index is -3.81. The molecule has 0 radical (unpaired) electrons. The average Bonchev–Trinajstić information content (AvgIpc) is 2.78. The van der Waals surface area contributed by atoms with E-state index in [1.54, 1.807) is 6.92 Å². The monoisotopic (exact) mass is 293 g/mol. The van der Waals surface area contributed by atoms with E-state index in [0.29, 0.717) is 0 Å². The van der Waals surface area contributed by atoms with Gasteiger partial charge in [0.1, 0.15) is 0 Å². The van der Waals surface area contributed by atoms with Crippen molar-refractivity contribution in [3.63, 3.8) is 0 Å². The van der Waals surface area contributed by atoms with Crippen molar-refractivity contribution in [3.05, 3.63) is 0 Å². The molecular weight excluding hydrogens is 274 g/mol. The lowest BCUT2D eigenvalue weighted by Gasteiger charge is -2.19. The number of hydrogen-bond donors (Lipinski definition) is 0. The second-order valence-electron chi connectivity index (χ2n) is 4.63. The molecular formula is C11H19NO6S. The molecule has 1 aliphatic heterocycles. The number of methoxy groups -OCH3 is 2. The lowest BCUT2D eigenvalue weighted by molar-refractivity contribution is -0.146.